The number of carbonyl (C=O) groups excluding carboxylic acids is 1. The summed E-state index contributed by atoms with van der Waals surface area (Å²) < 4.78 is 9.30. The predicted octanol–water partition coefficient (Wildman–Crippen LogP) is 2.15. The van der Waals surface area contributed by atoms with Crippen molar-refractivity contribution in [2.75, 3.05) is 6.54 Å². The number of rotatable bonds is 2. The zero-order valence-corrected chi connectivity index (χ0v) is 13.7. The number of aromatic nitrogens is 4. The fourth-order valence-corrected chi connectivity index (χ4v) is 3.29. The number of fused-ring (bicyclic) bond motifs is 1. The Bertz CT molecular complexity index is 875. The number of carbonyl (C=O) groups is 1. The van der Waals surface area contributed by atoms with Crippen molar-refractivity contribution < 1.29 is 9.21 Å². The van der Waals surface area contributed by atoms with Gasteiger partial charge in [-0.05, 0) is 19.4 Å². The Morgan fingerprint density at radius 3 is 2.96 bits per heavy atom. The molecule has 1 atom stereocenters. The fraction of sp³-hybridized carbons (Fsp3) is 0.353. The van der Waals surface area contributed by atoms with Crippen LogP contribution in [0.25, 0.3) is 0 Å². The van der Waals surface area contributed by atoms with E-state index in [1.165, 1.54) is 0 Å². The highest BCUT2D eigenvalue weighted by Gasteiger charge is 2.34. The Hall–Kier alpha value is -2.83. The molecule has 0 radical (unpaired) electrons. The molecular formula is C17H19N5O2. The van der Waals surface area contributed by atoms with Crippen molar-refractivity contribution in [1.82, 2.24) is 24.2 Å². The topological polar surface area (TPSA) is 69.1 Å². The smallest absolute Gasteiger partial charge is 0.290 e. The van der Waals surface area contributed by atoms with Crippen molar-refractivity contribution in [3.63, 3.8) is 0 Å². The van der Waals surface area contributed by atoms with Gasteiger partial charge < -0.3 is 13.9 Å². The third-order valence-electron chi connectivity index (χ3n) is 4.46. The predicted molar refractivity (Wildman–Crippen MR) is 86.4 cm³/mol. The maximum Gasteiger partial charge on any atom is 0.290 e. The molecule has 1 aliphatic rings. The normalized spacial score (nSPS) is 17.6. The minimum absolute atomic E-state index is 0.109. The second-order valence-corrected chi connectivity index (χ2v) is 6.11. The summed E-state index contributed by atoms with van der Waals surface area (Å²) in [5.41, 5.74) is 1.79. The Morgan fingerprint density at radius 1 is 1.38 bits per heavy atom. The molecule has 124 valence electrons. The molecule has 1 aliphatic heterocycles. The van der Waals surface area contributed by atoms with Crippen molar-refractivity contribution in [3.8, 4) is 0 Å². The van der Waals surface area contributed by atoms with Crippen LogP contribution in [0.15, 0.2) is 41.5 Å². The first-order valence-electron chi connectivity index (χ1n) is 8.00. The van der Waals surface area contributed by atoms with Crippen molar-refractivity contribution in [3.05, 3.63) is 59.8 Å². The molecule has 0 saturated carbocycles. The standard InChI is InChI=1S/C17H19N5O2/c1-12-4-9-24-15(12)17(23)22-7-3-6-21-8-5-18-16(21)14(22)13-10-19-20(2)11-13/h4-5,8-11,14H,3,6-7H2,1-2H3. The van der Waals surface area contributed by atoms with Crippen molar-refractivity contribution in [1.29, 1.82) is 0 Å². The van der Waals surface area contributed by atoms with E-state index in [0.717, 1.165) is 29.9 Å². The monoisotopic (exact) mass is 325 g/mol. The molecule has 4 heterocycles. The van der Waals surface area contributed by atoms with E-state index in [-0.39, 0.29) is 11.9 Å². The van der Waals surface area contributed by atoms with Crippen LogP contribution in [0.1, 0.15) is 40.0 Å². The minimum Gasteiger partial charge on any atom is -0.459 e. The first-order chi connectivity index (χ1) is 11.6. The van der Waals surface area contributed by atoms with Gasteiger partial charge in [-0.3, -0.25) is 9.48 Å². The van der Waals surface area contributed by atoms with Gasteiger partial charge >= 0.3 is 0 Å². The van der Waals surface area contributed by atoms with E-state index in [1.807, 2.05) is 37.3 Å². The van der Waals surface area contributed by atoms with Crippen molar-refractivity contribution in [2.24, 2.45) is 7.05 Å². The van der Waals surface area contributed by atoms with Crippen molar-refractivity contribution in [2.45, 2.75) is 25.9 Å². The second-order valence-electron chi connectivity index (χ2n) is 6.11. The van der Waals surface area contributed by atoms with Gasteiger partial charge in [-0.25, -0.2) is 4.98 Å². The Balaban J connectivity index is 1.82. The SMILES string of the molecule is Cc1ccoc1C(=O)N1CCCn2ccnc2C1c1cnn(C)c1. The highest BCUT2D eigenvalue weighted by atomic mass is 16.3. The van der Waals surface area contributed by atoms with Gasteiger partial charge in [-0.1, -0.05) is 0 Å². The van der Waals surface area contributed by atoms with Gasteiger partial charge in [0.15, 0.2) is 5.76 Å². The lowest BCUT2D eigenvalue weighted by atomic mass is 10.1. The van der Waals surface area contributed by atoms with Gasteiger partial charge in [-0.2, -0.15) is 5.10 Å². The van der Waals surface area contributed by atoms with Crippen molar-refractivity contribution >= 4 is 5.91 Å². The average Bonchev–Trinajstić information content (AvgIpc) is 3.27. The Kier molecular flexibility index (Phi) is 3.48. The lowest BCUT2D eigenvalue weighted by Gasteiger charge is -2.28. The highest BCUT2D eigenvalue weighted by Crippen LogP contribution is 2.31. The van der Waals surface area contributed by atoms with E-state index in [1.54, 1.807) is 23.3 Å². The third kappa shape index (κ3) is 2.33. The number of furan rings is 1. The average molecular weight is 325 g/mol. The fourth-order valence-electron chi connectivity index (χ4n) is 3.29. The summed E-state index contributed by atoms with van der Waals surface area (Å²) in [6.07, 6.45) is 9.90. The van der Waals surface area contributed by atoms with E-state index in [0.29, 0.717) is 12.3 Å². The minimum atomic E-state index is -0.270. The molecule has 0 aliphatic carbocycles. The summed E-state index contributed by atoms with van der Waals surface area (Å²) in [6, 6.07) is 1.54. The van der Waals surface area contributed by atoms with Crippen LogP contribution in [-0.2, 0) is 13.6 Å². The molecule has 0 N–H and O–H groups in total. The quantitative estimate of drug-likeness (QED) is 0.724. The van der Waals surface area contributed by atoms with Gasteiger partial charge in [0, 0.05) is 49.9 Å². The number of nitrogens with zero attached hydrogens (tertiary/aromatic N) is 5. The van der Waals surface area contributed by atoms with Crippen LogP contribution in [-0.4, -0.2) is 36.7 Å². The van der Waals surface area contributed by atoms with E-state index in [4.69, 9.17) is 4.42 Å². The molecule has 3 aromatic heterocycles. The molecule has 3 aromatic rings. The maximum absolute atomic E-state index is 13.1. The Morgan fingerprint density at radius 2 is 2.25 bits per heavy atom. The lowest BCUT2D eigenvalue weighted by Crippen LogP contribution is -2.36. The van der Waals surface area contributed by atoms with Crippen LogP contribution in [0.2, 0.25) is 0 Å². The molecule has 24 heavy (non-hydrogen) atoms. The molecule has 1 amide bonds. The molecule has 1 unspecified atom stereocenters. The van der Waals surface area contributed by atoms with E-state index >= 15 is 0 Å². The van der Waals surface area contributed by atoms with Gasteiger partial charge in [-0.15, -0.1) is 0 Å². The summed E-state index contributed by atoms with van der Waals surface area (Å²) in [5, 5.41) is 4.27. The van der Waals surface area contributed by atoms with Crippen LogP contribution in [0.4, 0.5) is 0 Å². The zero-order chi connectivity index (χ0) is 16.7. The molecule has 0 bridgehead atoms. The largest absolute Gasteiger partial charge is 0.459 e. The first kappa shape index (κ1) is 14.7. The summed E-state index contributed by atoms with van der Waals surface area (Å²) in [4.78, 5) is 19.5. The molecule has 4 rings (SSSR count). The third-order valence-corrected chi connectivity index (χ3v) is 4.46. The van der Waals surface area contributed by atoms with Crippen LogP contribution in [0, 0.1) is 6.92 Å². The van der Waals surface area contributed by atoms with Crippen LogP contribution >= 0.6 is 0 Å². The van der Waals surface area contributed by atoms with Gasteiger partial charge in [0.1, 0.15) is 11.9 Å². The van der Waals surface area contributed by atoms with Crippen LogP contribution < -0.4 is 0 Å². The molecule has 0 fully saturated rings. The summed E-state index contributed by atoms with van der Waals surface area (Å²) in [5.74, 6) is 1.14. The molecular weight excluding hydrogens is 306 g/mol. The van der Waals surface area contributed by atoms with Gasteiger partial charge in [0.05, 0.1) is 12.5 Å². The highest BCUT2D eigenvalue weighted by molar-refractivity contribution is 5.93. The summed E-state index contributed by atoms with van der Waals surface area (Å²) in [7, 11) is 1.87. The molecule has 7 nitrogen and oxygen atoms in total. The lowest BCUT2D eigenvalue weighted by molar-refractivity contribution is 0.0673. The summed E-state index contributed by atoms with van der Waals surface area (Å²) >= 11 is 0. The molecule has 0 aromatic carbocycles. The number of hydrogen-bond acceptors (Lipinski definition) is 4. The summed E-state index contributed by atoms with van der Waals surface area (Å²) in [6.45, 7) is 3.36. The number of aryl methyl sites for hydroxylation is 3. The zero-order valence-electron chi connectivity index (χ0n) is 13.7. The van der Waals surface area contributed by atoms with E-state index in [2.05, 4.69) is 14.6 Å². The van der Waals surface area contributed by atoms with Gasteiger partial charge in [0.25, 0.3) is 5.91 Å². The van der Waals surface area contributed by atoms with E-state index < -0.39 is 0 Å². The van der Waals surface area contributed by atoms with E-state index in [9.17, 15) is 4.79 Å². The molecule has 0 spiro atoms. The van der Waals surface area contributed by atoms with Crippen LogP contribution in [0.3, 0.4) is 0 Å². The Labute approximate surface area is 139 Å². The molecule has 0 saturated heterocycles. The van der Waals surface area contributed by atoms with Crippen LogP contribution in [0.5, 0.6) is 0 Å². The second kappa shape index (κ2) is 5.67. The number of amides is 1. The van der Waals surface area contributed by atoms with Gasteiger partial charge in [0.2, 0.25) is 0 Å². The maximum atomic E-state index is 13.1. The number of hydrogen-bond donors (Lipinski definition) is 0. The molecule has 7 heteroatoms. The number of imidazole rings is 1. The first-order valence-corrected chi connectivity index (χ1v) is 8.00.